The normalized spacial score (nSPS) is 10.3. The molecule has 21 heavy (non-hydrogen) atoms. The number of aromatic nitrogens is 1. The van der Waals surface area contributed by atoms with Gasteiger partial charge in [-0.25, -0.2) is 9.37 Å². The Bertz CT molecular complexity index is 865. The number of amides is 1. The van der Waals surface area contributed by atoms with Crippen LogP contribution in [0.25, 0.3) is 10.1 Å². The van der Waals surface area contributed by atoms with Crippen molar-refractivity contribution in [2.45, 2.75) is 0 Å². The molecular weight excluding hydrogens is 289 g/mol. The minimum atomic E-state index is -0.329. The zero-order valence-corrected chi connectivity index (χ0v) is 11.4. The maximum Gasteiger partial charge on any atom is 0.266 e. The van der Waals surface area contributed by atoms with E-state index in [-0.39, 0.29) is 11.7 Å². The Morgan fingerprint density at radius 1 is 1.29 bits per heavy atom. The molecule has 0 radical (unpaired) electrons. The van der Waals surface area contributed by atoms with Crippen LogP contribution < -0.4 is 5.32 Å². The van der Waals surface area contributed by atoms with Gasteiger partial charge in [0.2, 0.25) is 0 Å². The van der Waals surface area contributed by atoms with E-state index in [1.54, 1.807) is 24.3 Å². The van der Waals surface area contributed by atoms with Crippen LogP contribution in [0.1, 0.15) is 15.2 Å². The van der Waals surface area contributed by atoms with Gasteiger partial charge in [0.1, 0.15) is 17.7 Å². The van der Waals surface area contributed by atoms with Crippen LogP contribution >= 0.6 is 11.3 Å². The highest BCUT2D eigenvalue weighted by Crippen LogP contribution is 2.26. The fourth-order valence-electron chi connectivity index (χ4n) is 1.83. The number of anilines is 1. The van der Waals surface area contributed by atoms with Gasteiger partial charge in [-0.15, -0.1) is 11.3 Å². The molecule has 0 aliphatic carbocycles. The summed E-state index contributed by atoms with van der Waals surface area (Å²) < 4.78 is 13.9. The summed E-state index contributed by atoms with van der Waals surface area (Å²) in [5.74, 6) is -0.276. The van der Waals surface area contributed by atoms with E-state index in [1.165, 1.54) is 29.7 Å². The standard InChI is InChI=1S/C15H8FN3OS/c16-11-3-2-10-5-13(21-12(10)6-11)15(20)19-14-4-1-9(7-17)8-18-14/h1-6,8H,(H,18,19,20). The molecule has 3 aromatic rings. The second-order valence-electron chi connectivity index (χ2n) is 4.29. The molecule has 0 saturated heterocycles. The number of thiophene rings is 1. The van der Waals surface area contributed by atoms with Crippen molar-refractivity contribution < 1.29 is 9.18 Å². The fourth-order valence-corrected chi connectivity index (χ4v) is 2.81. The van der Waals surface area contributed by atoms with Crippen LogP contribution in [-0.4, -0.2) is 10.9 Å². The van der Waals surface area contributed by atoms with Crippen molar-refractivity contribution in [3.8, 4) is 6.07 Å². The van der Waals surface area contributed by atoms with E-state index in [2.05, 4.69) is 10.3 Å². The minimum Gasteiger partial charge on any atom is -0.306 e. The molecule has 102 valence electrons. The Morgan fingerprint density at radius 3 is 2.86 bits per heavy atom. The maximum atomic E-state index is 13.1. The maximum absolute atomic E-state index is 13.1. The smallest absolute Gasteiger partial charge is 0.266 e. The van der Waals surface area contributed by atoms with E-state index in [9.17, 15) is 9.18 Å². The molecule has 2 aromatic heterocycles. The molecule has 1 amide bonds. The first kappa shape index (κ1) is 13.2. The Hall–Kier alpha value is -2.78. The number of hydrogen-bond donors (Lipinski definition) is 1. The highest BCUT2D eigenvalue weighted by molar-refractivity contribution is 7.20. The summed E-state index contributed by atoms with van der Waals surface area (Å²) in [4.78, 5) is 16.6. The number of nitrogens with zero attached hydrogens (tertiary/aromatic N) is 2. The lowest BCUT2D eigenvalue weighted by molar-refractivity contribution is 0.103. The summed E-state index contributed by atoms with van der Waals surface area (Å²) in [7, 11) is 0. The summed E-state index contributed by atoms with van der Waals surface area (Å²) in [6.07, 6.45) is 1.38. The second-order valence-corrected chi connectivity index (χ2v) is 5.37. The van der Waals surface area contributed by atoms with Gasteiger partial charge in [0.15, 0.2) is 0 Å². The molecule has 0 saturated carbocycles. The molecule has 0 spiro atoms. The number of carbonyl (C=O) groups excluding carboxylic acids is 1. The van der Waals surface area contributed by atoms with E-state index in [4.69, 9.17) is 5.26 Å². The lowest BCUT2D eigenvalue weighted by Crippen LogP contribution is -2.11. The van der Waals surface area contributed by atoms with E-state index in [0.29, 0.717) is 21.0 Å². The molecule has 0 fully saturated rings. The number of rotatable bonds is 2. The summed E-state index contributed by atoms with van der Waals surface area (Å²) in [5, 5.41) is 12.1. The van der Waals surface area contributed by atoms with Crippen molar-refractivity contribution >= 4 is 33.1 Å². The number of carbonyl (C=O) groups is 1. The first-order valence-corrected chi connectivity index (χ1v) is 6.84. The highest BCUT2D eigenvalue weighted by Gasteiger charge is 2.11. The van der Waals surface area contributed by atoms with Crippen LogP contribution in [0.5, 0.6) is 0 Å². The third-order valence-corrected chi connectivity index (χ3v) is 3.94. The van der Waals surface area contributed by atoms with Crippen molar-refractivity contribution in [2.75, 3.05) is 5.32 Å². The molecule has 0 bridgehead atoms. The third kappa shape index (κ3) is 2.73. The van der Waals surface area contributed by atoms with E-state index in [0.717, 1.165) is 5.39 Å². The van der Waals surface area contributed by atoms with Gasteiger partial charge in [0.05, 0.1) is 10.4 Å². The summed E-state index contributed by atoms with van der Waals surface area (Å²) in [6, 6.07) is 11.2. The van der Waals surface area contributed by atoms with Gasteiger partial charge in [-0.1, -0.05) is 6.07 Å². The summed E-state index contributed by atoms with van der Waals surface area (Å²) in [6.45, 7) is 0. The van der Waals surface area contributed by atoms with Gasteiger partial charge in [-0.05, 0) is 35.7 Å². The van der Waals surface area contributed by atoms with Crippen LogP contribution in [0, 0.1) is 17.1 Å². The SMILES string of the molecule is N#Cc1ccc(NC(=O)c2cc3ccc(F)cc3s2)nc1. The Balaban J connectivity index is 1.84. The van der Waals surface area contributed by atoms with Crippen LogP contribution in [0.2, 0.25) is 0 Å². The van der Waals surface area contributed by atoms with Crippen molar-refractivity contribution in [3.05, 3.63) is 58.9 Å². The Kier molecular flexibility index (Phi) is 3.34. The van der Waals surface area contributed by atoms with Gasteiger partial charge in [0, 0.05) is 10.9 Å². The molecule has 0 aliphatic rings. The van der Waals surface area contributed by atoms with Crippen molar-refractivity contribution in [1.82, 2.24) is 4.98 Å². The molecule has 1 aromatic carbocycles. The van der Waals surface area contributed by atoms with Crippen LogP contribution in [0.4, 0.5) is 10.2 Å². The quantitative estimate of drug-likeness (QED) is 0.786. The largest absolute Gasteiger partial charge is 0.306 e. The average Bonchev–Trinajstić information content (AvgIpc) is 2.91. The Morgan fingerprint density at radius 2 is 2.14 bits per heavy atom. The molecule has 6 heteroatoms. The lowest BCUT2D eigenvalue weighted by Gasteiger charge is -2.01. The molecule has 0 unspecified atom stereocenters. The van der Waals surface area contributed by atoms with E-state index in [1.807, 2.05) is 6.07 Å². The number of pyridine rings is 1. The molecule has 4 nitrogen and oxygen atoms in total. The molecule has 0 atom stereocenters. The molecular formula is C15H8FN3OS. The third-order valence-electron chi connectivity index (χ3n) is 2.84. The van der Waals surface area contributed by atoms with Gasteiger partial charge >= 0.3 is 0 Å². The number of nitrogens with one attached hydrogen (secondary N) is 1. The van der Waals surface area contributed by atoms with Gasteiger partial charge in [-0.3, -0.25) is 4.79 Å². The predicted octanol–water partition coefficient (Wildman–Crippen LogP) is 3.56. The zero-order chi connectivity index (χ0) is 14.8. The van der Waals surface area contributed by atoms with Crippen LogP contribution in [0.3, 0.4) is 0 Å². The van der Waals surface area contributed by atoms with Crippen LogP contribution in [-0.2, 0) is 0 Å². The molecule has 0 aliphatic heterocycles. The van der Waals surface area contributed by atoms with Gasteiger partial charge in [0.25, 0.3) is 5.91 Å². The highest BCUT2D eigenvalue weighted by atomic mass is 32.1. The van der Waals surface area contributed by atoms with Crippen molar-refractivity contribution in [3.63, 3.8) is 0 Å². The van der Waals surface area contributed by atoms with E-state index >= 15 is 0 Å². The number of fused-ring (bicyclic) bond motifs is 1. The average molecular weight is 297 g/mol. The number of halogens is 1. The number of benzene rings is 1. The number of hydrogen-bond acceptors (Lipinski definition) is 4. The fraction of sp³-hybridized carbons (Fsp3) is 0. The number of nitriles is 1. The first-order valence-electron chi connectivity index (χ1n) is 6.02. The minimum absolute atomic E-state index is 0.311. The van der Waals surface area contributed by atoms with E-state index < -0.39 is 0 Å². The summed E-state index contributed by atoms with van der Waals surface area (Å²) >= 11 is 1.21. The monoisotopic (exact) mass is 297 g/mol. The molecule has 3 rings (SSSR count). The Labute approximate surface area is 123 Å². The molecule has 1 N–H and O–H groups in total. The van der Waals surface area contributed by atoms with Gasteiger partial charge < -0.3 is 5.32 Å². The second kappa shape index (κ2) is 5.31. The lowest BCUT2D eigenvalue weighted by atomic mass is 10.2. The zero-order valence-electron chi connectivity index (χ0n) is 10.6. The topological polar surface area (TPSA) is 65.8 Å². The van der Waals surface area contributed by atoms with Crippen molar-refractivity contribution in [1.29, 1.82) is 5.26 Å². The van der Waals surface area contributed by atoms with Gasteiger partial charge in [-0.2, -0.15) is 5.26 Å². The van der Waals surface area contributed by atoms with Crippen molar-refractivity contribution in [2.24, 2.45) is 0 Å². The molecule has 2 heterocycles. The van der Waals surface area contributed by atoms with Crippen LogP contribution in [0.15, 0.2) is 42.6 Å². The first-order chi connectivity index (χ1) is 10.2. The summed E-state index contributed by atoms with van der Waals surface area (Å²) in [5.41, 5.74) is 0.422. The predicted molar refractivity (Wildman–Crippen MR) is 78.7 cm³/mol.